The molecule has 1 heterocycles. The van der Waals surface area contributed by atoms with Gasteiger partial charge in [0.15, 0.2) is 0 Å². The van der Waals surface area contributed by atoms with E-state index in [1.165, 1.54) is 24.8 Å². The molecule has 15 heavy (non-hydrogen) atoms. The summed E-state index contributed by atoms with van der Waals surface area (Å²) in [5.41, 5.74) is 1.31. The normalized spacial score (nSPS) is 22.6. The minimum absolute atomic E-state index is 0.403. The Labute approximate surface area is 91.4 Å². The second-order valence-corrected chi connectivity index (χ2v) is 4.13. The number of hydrogen-bond acceptors (Lipinski definition) is 2. The maximum absolute atomic E-state index is 4.03. The molecule has 2 nitrogen and oxygen atoms in total. The second-order valence-electron chi connectivity index (χ2n) is 4.13. The molecule has 1 aromatic heterocycles. The van der Waals surface area contributed by atoms with E-state index in [4.69, 9.17) is 0 Å². The molecule has 0 spiro atoms. The van der Waals surface area contributed by atoms with Gasteiger partial charge in [0.25, 0.3) is 0 Å². The van der Waals surface area contributed by atoms with Gasteiger partial charge in [0.1, 0.15) is 0 Å². The second kappa shape index (κ2) is 5.08. The summed E-state index contributed by atoms with van der Waals surface area (Å²) in [6, 6.07) is 5.09. The average Bonchev–Trinajstić information content (AvgIpc) is 2.31. The fourth-order valence-electron chi connectivity index (χ4n) is 2.02. The van der Waals surface area contributed by atoms with E-state index in [0.29, 0.717) is 12.1 Å². The van der Waals surface area contributed by atoms with E-state index in [1.54, 1.807) is 0 Å². The van der Waals surface area contributed by atoms with Gasteiger partial charge in [0, 0.05) is 24.5 Å². The van der Waals surface area contributed by atoms with Crippen molar-refractivity contribution in [2.24, 2.45) is 0 Å². The molecular weight excluding hydrogens is 184 g/mol. The van der Waals surface area contributed by atoms with Gasteiger partial charge >= 0.3 is 0 Å². The molecular formula is C13H18N2. The van der Waals surface area contributed by atoms with Crippen molar-refractivity contribution < 1.29 is 0 Å². The van der Waals surface area contributed by atoms with Crippen molar-refractivity contribution in [2.45, 2.75) is 38.3 Å². The van der Waals surface area contributed by atoms with Gasteiger partial charge in [-0.25, -0.2) is 0 Å². The Balaban J connectivity index is 1.94. The molecule has 0 fully saturated rings. The molecule has 0 radical (unpaired) electrons. The standard InChI is InChI=1S/C13H18N2/c1-11(12-7-9-14-10-8-12)15-13-5-3-2-4-6-13/h3,5,7-11,13,15H,2,4,6H2,1H3/t11-,13?/m1/s1. The Hall–Kier alpha value is -1.15. The molecule has 80 valence electrons. The van der Waals surface area contributed by atoms with Crippen LogP contribution in [0.25, 0.3) is 0 Å². The first kappa shape index (κ1) is 10.4. The van der Waals surface area contributed by atoms with Crippen molar-refractivity contribution in [3.63, 3.8) is 0 Å². The summed E-state index contributed by atoms with van der Waals surface area (Å²) in [6.07, 6.45) is 12.1. The van der Waals surface area contributed by atoms with Crippen molar-refractivity contribution in [1.29, 1.82) is 0 Å². The Morgan fingerprint density at radius 1 is 1.40 bits per heavy atom. The molecule has 2 heteroatoms. The Morgan fingerprint density at radius 3 is 2.87 bits per heavy atom. The fraction of sp³-hybridized carbons (Fsp3) is 0.462. The Morgan fingerprint density at radius 2 is 2.20 bits per heavy atom. The maximum atomic E-state index is 4.03. The SMILES string of the molecule is C[C@@H](NC1C=CCCC1)c1ccncc1. The van der Waals surface area contributed by atoms with Crippen LogP contribution in [0.3, 0.4) is 0 Å². The monoisotopic (exact) mass is 202 g/mol. The van der Waals surface area contributed by atoms with E-state index >= 15 is 0 Å². The smallest absolute Gasteiger partial charge is 0.0298 e. The van der Waals surface area contributed by atoms with E-state index in [1.807, 2.05) is 12.4 Å². The summed E-state index contributed by atoms with van der Waals surface area (Å²) in [4.78, 5) is 4.03. The lowest BCUT2D eigenvalue weighted by Gasteiger charge is -2.23. The van der Waals surface area contributed by atoms with Crippen LogP contribution in [0.5, 0.6) is 0 Å². The lowest BCUT2D eigenvalue weighted by molar-refractivity contribution is 0.467. The predicted molar refractivity (Wildman–Crippen MR) is 62.6 cm³/mol. The number of aromatic nitrogens is 1. The third kappa shape index (κ3) is 2.90. The Bertz CT molecular complexity index is 319. The summed E-state index contributed by atoms with van der Waals surface area (Å²) in [5, 5.41) is 3.62. The van der Waals surface area contributed by atoms with Crippen LogP contribution in [0, 0.1) is 0 Å². The van der Waals surface area contributed by atoms with Crippen molar-refractivity contribution in [3.05, 3.63) is 42.2 Å². The lowest BCUT2D eigenvalue weighted by atomic mass is 10.0. The van der Waals surface area contributed by atoms with Crippen LogP contribution in [-0.4, -0.2) is 11.0 Å². The number of pyridine rings is 1. The highest BCUT2D eigenvalue weighted by Gasteiger charge is 2.12. The van der Waals surface area contributed by atoms with Crippen LogP contribution in [0.1, 0.15) is 37.8 Å². The molecule has 0 bridgehead atoms. The zero-order valence-corrected chi connectivity index (χ0v) is 9.19. The number of nitrogens with zero attached hydrogens (tertiary/aromatic N) is 1. The molecule has 0 aromatic carbocycles. The predicted octanol–water partition coefficient (Wildman–Crippen LogP) is 2.84. The molecule has 0 aliphatic heterocycles. The summed E-state index contributed by atoms with van der Waals surface area (Å²) >= 11 is 0. The quantitative estimate of drug-likeness (QED) is 0.762. The van der Waals surface area contributed by atoms with E-state index < -0.39 is 0 Å². The van der Waals surface area contributed by atoms with Gasteiger partial charge in [-0.1, -0.05) is 12.2 Å². The number of allylic oxidation sites excluding steroid dienone is 1. The van der Waals surface area contributed by atoms with Gasteiger partial charge in [0.05, 0.1) is 0 Å². The molecule has 1 aliphatic rings. The maximum Gasteiger partial charge on any atom is 0.0298 e. The Kier molecular flexibility index (Phi) is 3.51. The largest absolute Gasteiger partial charge is 0.304 e. The number of hydrogen-bond donors (Lipinski definition) is 1. The van der Waals surface area contributed by atoms with Crippen LogP contribution in [0.15, 0.2) is 36.7 Å². The minimum Gasteiger partial charge on any atom is -0.304 e. The first-order chi connectivity index (χ1) is 7.36. The molecule has 0 saturated heterocycles. The third-order valence-electron chi connectivity index (χ3n) is 2.92. The van der Waals surface area contributed by atoms with Gasteiger partial charge in [0.2, 0.25) is 0 Å². The van der Waals surface area contributed by atoms with E-state index in [-0.39, 0.29) is 0 Å². The third-order valence-corrected chi connectivity index (χ3v) is 2.92. The number of rotatable bonds is 3. The fourth-order valence-corrected chi connectivity index (χ4v) is 2.02. The van der Waals surface area contributed by atoms with Gasteiger partial charge in [-0.2, -0.15) is 0 Å². The highest BCUT2D eigenvalue weighted by molar-refractivity contribution is 5.15. The first-order valence-electron chi connectivity index (χ1n) is 5.69. The molecule has 2 rings (SSSR count). The molecule has 1 aromatic rings. The first-order valence-corrected chi connectivity index (χ1v) is 5.69. The van der Waals surface area contributed by atoms with Gasteiger partial charge in [-0.05, 0) is 43.9 Å². The van der Waals surface area contributed by atoms with E-state index in [0.717, 1.165) is 0 Å². The summed E-state index contributed by atoms with van der Waals surface area (Å²) in [5.74, 6) is 0. The molecule has 1 N–H and O–H groups in total. The van der Waals surface area contributed by atoms with Gasteiger partial charge in [-0.15, -0.1) is 0 Å². The molecule has 0 saturated carbocycles. The van der Waals surface area contributed by atoms with Crippen LogP contribution >= 0.6 is 0 Å². The highest BCUT2D eigenvalue weighted by Crippen LogP contribution is 2.16. The zero-order valence-electron chi connectivity index (χ0n) is 9.19. The zero-order chi connectivity index (χ0) is 10.5. The molecule has 2 atom stereocenters. The summed E-state index contributed by atoms with van der Waals surface area (Å²) < 4.78 is 0. The van der Waals surface area contributed by atoms with Crippen molar-refractivity contribution in [3.8, 4) is 0 Å². The van der Waals surface area contributed by atoms with E-state index in [9.17, 15) is 0 Å². The summed E-state index contributed by atoms with van der Waals surface area (Å²) in [6.45, 7) is 2.21. The molecule has 0 amide bonds. The van der Waals surface area contributed by atoms with Crippen LogP contribution in [-0.2, 0) is 0 Å². The molecule has 1 unspecified atom stereocenters. The van der Waals surface area contributed by atoms with Crippen molar-refractivity contribution in [1.82, 2.24) is 10.3 Å². The average molecular weight is 202 g/mol. The van der Waals surface area contributed by atoms with Crippen LogP contribution < -0.4 is 5.32 Å². The minimum atomic E-state index is 0.403. The summed E-state index contributed by atoms with van der Waals surface area (Å²) in [7, 11) is 0. The van der Waals surface area contributed by atoms with Crippen LogP contribution in [0.2, 0.25) is 0 Å². The lowest BCUT2D eigenvalue weighted by Crippen LogP contribution is -2.30. The van der Waals surface area contributed by atoms with Crippen molar-refractivity contribution >= 4 is 0 Å². The van der Waals surface area contributed by atoms with Gasteiger partial charge in [-0.3, -0.25) is 4.98 Å². The van der Waals surface area contributed by atoms with Crippen LogP contribution in [0.4, 0.5) is 0 Å². The topological polar surface area (TPSA) is 24.9 Å². The van der Waals surface area contributed by atoms with Gasteiger partial charge < -0.3 is 5.32 Å². The van der Waals surface area contributed by atoms with E-state index in [2.05, 4.69) is 41.5 Å². The van der Waals surface area contributed by atoms with Crippen molar-refractivity contribution in [2.75, 3.05) is 0 Å². The molecule has 1 aliphatic carbocycles. The highest BCUT2D eigenvalue weighted by atomic mass is 14.9. The number of nitrogens with one attached hydrogen (secondary N) is 1.